The fourth-order valence-corrected chi connectivity index (χ4v) is 4.64. The van der Waals surface area contributed by atoms with E-state index >= 15 is 0 Å². The third-order valence-electron chi connectivity index (χ3n) is 3.69. The fourth-order valence-electron chi connectivity index (χ4n) is 2.80. The van der Waals surface area contributed by atoms with Crippen LogP contribution in [-0.4, -0.2) is 26.5 Å². The van der Waals surface area contributed by atoms with E-state index in [0.29, 0.717) is 5.82 Å². The maximum Gasteiger partial charge on any atom is 0.268 e. The lowest BCUT2D eigenvalue weighted by molar-refractivity contribution is 0.584. The maximum absolute atomic E-state index is 13.0. The summed E-state index contributed by atoms with van der Waals surface area (Å²) in [4.78, 5) is 4.30. The van der Waals surface area contributed by atoms with Crippen molar-refractivity contribution in [3.8, 4) is 0 Å². The van der Waals surface area contributed by atoms with Crippen LogP contribution in [0, 0.1) is 0 Å². The van der Waals surface area contributed by atoms with Crippen molar-refractivity contribution in [1.29, 1.82) is 0 Å². The Balaban J connectivity index is 2.15. The number of pyridine rings is 1. The van der Waals surface area contributed by atoms with E-state index < -0.39 is 10.0 Å². The molecule has 1 aliphatic rings. The molecule has 1 unspecified atom stereocenters. The summed E-state index contributed by atoms with van der Waals surface area (Å²) in [5.74, 6) is 0.370. The number of rotatable bonds is 3. The number of sulfonamides is 1. The van der Waals surface area contributed by atoms with Crippen LogP contribution in [0.25, 0.3) is 0 Å². The molecule has 6 heteroatoms. The normalized spacial score (nSPS) is 17.6. The van der Waals surface area contributed by atoms with Crippen molar-refractivity contribution in [2.24, 2.45) is 0 Å². The molecule has 21 heavy (non-hydrogen) atoms. The van der Waals surface area contributed by atoms with E-state index in [1.54, 1.807) is 25.4 Å². The lowest BCUT2D eigenvalue weighted by Gasteiger charge is -2.25. The van der Waals surface area contributed by atoms with Crippen molar-refractivity contribution in [1.82, 2.24) is 4.98 Å². The second-order valence-corrected chi connectivity index (χ2v) is 6.87. The number of hydrogen-bond donors (Lipinski definition) is 1. The average Bonchev–Trinajstić information content (AvgIpc) is 2.83. The molecule has 0 bridgehead atoms. The minimum atomic E-state index is -3.64. The van der Waals surface area contributed by atoms with Crippen molar-refractivity contribution in [2.45, 2.75) is 24.3 Å². The summed E-state index contributed by atoms with van der Waals surface area (Å²) in [5.41, 5.74) is 1.82. The van der Waals surface area contributed by atoms with E-state index in [9.17, 15) is 8.42 Å². The van der Waals surface area contributed by atoms with Gasteiger partial charge < -0.3 is 5.32 Å². The Morgan fingerprint density at radius 1 is 1.24 bits per heavy atom. The lowest BCUT2D eigenvalue weighted by Crippen LogP contribution is -2.36. The number of hydrogen-bond acceptors (Lipinski definition) is 4. The number of benzene rings is 1. The van der Waals surface area contributed by atoms with E-state index in [1.807, 2.05) is 31.2 Å². The highest BCUT2D eigenvalue weighted by molar-refractivity contribution is 7.93. The van der Waals surface area contributed by atoms with E-state index in [-0.39, 0.29) is 10.9 Å². The second-order valence-electron chi connectivity index (χ2n) is 5.08. The summed E-state index contributed by atoms with van der Waals surface area (Å²) in [7, 11) is -1.97. The molecular weight excluding hydrogens is 286 g/mol. The van der Waals surface area contributed by atoms with E-state index in [4.69, 9.17) is 0 Å². The number of fused-ring (bicyclic) bond motifs is 1. The predicted octanol–water partition coefficient (Wildman–Crippen LogP) is 2.26. The monoisotopic (exact) mass is 303 g/mol. The Labute approximate surface area is 124 Å². The van der Waals surface area contributed by atoms with Gasteiger partial charge in [0.1, 0.15) is 10.7 Å². The first kappa shape index (κ1) is 13.9. The molecule has 2 heterocycles. The van der Waals surface area contributed by atoms with Crippen LogP contribution in [0.1, 0.15) is 12.5 Å². The molecule has 0 spiro atoms. The molecule has 0 amide bonds. The Hall–Kier alpha value is -2.08. The van der Waals surface area contributed by atoms with Crippen molar-refractivity contribution in [3.05, 3.63) is 48.2 Å². The molecule has 0 saturated carbocycles. The molecule has 3 rings (SSSR count). The molecule has 5 nitrogen and oxygen atoms in total. The van der Waals surface area contributed by atoms with Gasteiger partial charge in [-0.2, -0.15) is 0 Å². The predicted molar refractivity (Wildman–Crippen MR) is 83.1 cm³/mol. The minimum absolute atomic E-state index is 0.0997. The van der Waals surface area contributed by atoms with Gasteiger partial charge in [-0.3, -0.25) is 4.31 Å². The van der Waals surface area contributed by atoms with Crippen molar-refractivity contribution in [2.75, 3.05) is 16.7 Å². The highest BCUT2D eigenvalue weighted by atomic mass is 32.2. The zero-order valence-electron chi connectivity index (χ0n) is 11.9. The molecular formula is C15H17N3O2S. The maximum atomic E-state index is 13.0. The van der Waals surface area contributed by atoms with Gasteiger partial charge in [0.05, 0.1) is 5.69 Å². The molecule has 1 N–H and O–H groups in total. The molecule has 0 aliphatic carbocycles. The fraction of sp³-hybridized carbons (Fsp3) is 0.267. The summed E-state index contributed by atoms with van der Waals surface area (Å²) >= 11 is 0. The topological polar surface area (TPSA) is 62.3 Å². The Kier molecular flexibility index (Phi) is 3.33. The van der Waals surface area contributed by atoms with Crippen LogP contribution in [0.5, 0.6) is 0 Å². The number of nitrogens with zero attached hydrogens (tertiary/aromatic N) is 2. The Morgan fingerprint density at radius 2 is 2.00 bits per heavy atom. The molecule has 1 aromatic heterocycles. The second kappa shape index (κ2) is 5.04. The van der Waals surface area contributed by atoms with Crippen molar-refractivity contribution >= 4 is 21.5 Å². The summed E-state index contributed by atoms with van der Waals surface area (Å²) in [6.07, 6.45) is 2.30. The molecule has 0 fully saturated rings. The van der Waals surface area contributed by atoms with Gasteiger partial charge in [-0.1, -0.05) is 18.2 Å². The Bertz CT molecular complexity index is 774. The molecule has 1 atom stereocenters. The van der Waals surface area contributed by atoms with Gasteiger partial charge >= 0.3 is 0 Å². The lowest BCUT2D eigenvalue weighted by atomic mass is 10.1. The standard InChI is InChI=1S/C15H17N3O2S/c1-11-10-12-6-3-4-7-13(12)18(11)21(19,20)14-8-5-9-17-15(14)16-2/h3-9,11H,10H2,1-2H3,(H,16,17). The summed E-state index contributed by atoms with van der Waals surface area (Å²) in [6.45, 7) is 1.92. The van der Waals surface area contributed by atoms with Crippen LogP contribution in [0.15, 0.2) is 47.5 Å². The summed E-state index contributed by atoms with van der Waals surface area (Å²) in [5, 5.41) is 2.85. The van der Waals surface area contributed by atoms with Crippen LogP contribution >= 0.6 is 0 Å². The van der Waals surface area contributed by atoms with E-state index in [2.05, 4.69) is 10.3 Å². The molecule has 0 radical (unpaired) electrons. The third kappa shape index (κ3) is 2.15. The third-order valence-corrected chi connectivity index (χ3v) is 5.65. The zero-order chi connectivity index (χ0) is 15.0. The van der Waals surface area contributed by atoms with Crippen LogP contribution in [0.4, 0.5) is 11.5 Å². The van der Waals surface area contributed by atoms with Crippen molar-refractivity contribution < 1.29 is 8.42 Å². The van der Waals surface area contributed by atoms with Crippen LogP contribution in [-0.2, 0) is 16.4 Å². The van der Waals surface area contributed by atoms with Gasteiger partial charge in [0.25, 0.3) is 10.0 Å². The van der Waals surface area contributed by atoms with Crippen LogP contribution in [0.2, 0.25) is 0 Å². The SMILES string of the molecule is CNc1ncccc1S(=O)(=O)N1c2ccccc2CC1C. The number of aromatic nitrogens is 1. The summed E-state index contributed by atoms with van der Waals surface area (Å²) < 4.78 is 27.6. The molecule has 110 valence electrons. The van der Waals surface area contributed by atoms with Gasteiger partial charge in [0.15, 0.2) is 0 Å². The van der Waals surface area contributed by atoms with E-state index in [1.165, 1.54) is 4.31 Å². The van der Waals surface area contributed by atoms with Gasteiger partial charge in [0.2, 0.25) is 0 Å². The van der Waals surface area contributed by atoms with Crippen LogP contribution < -0.4 is 9.62 Å². The molecule has 0 saturated heterocycles. The summed E-state index contributed by atoms with van der Waals surface area (Å²) in [6, 6.07) is 10.8. The minimum Gasteiger partial charge on any atom is -0.372 e. The van der Waals surface area contributed by atoms with Gasteiger partial charge in [0, 0.05) is 19.3 Å². The average molecular weight is 303 g/mol. The first-order valence-corrected chi connectivity index (χ1v) is 8.25. The van der Waals surface area contributed by atoms with Gasteiger partial charge in [-0.05, 0) is 37.1 Å². The smallest absolute Gasteiger partial charge is 0.268 e. The first-order chi connectivity index (χ1) is 10.1. The zero-order valence-corrected chi connectivity index (χ0v) is 12.8. The van der Waals surface area contributed by atoms with Crippen LogP contribution in [0.3, 0.4) is 0 Å². The highest BCUT2D eigenvalue weighted by Gasteiger charge is 2.37. The van der Waals surface area contributed by atoms with Gasteiger partial charge in [-0.25, -0.2) is 13.4 Å². The molecule has 2 aromatic rings. The quantitative estimate of drug-likeness (QED) is 0.945. The number of anilines is 2. The number of para-hydroxylation sites is 1. The van der Waals surface area contributed by atoms with Crippen molar-refractivity contribution in [3.63, 3.8) is 0 Å². The molecule has 1 aliphatic heterocycles. The van der Waals surface area contributed by atoms with E-state index in [0.717, 1.165) is 17.7 Å². The first-order valence-electron chi connectivity index (χ1n) is 6.81. The highest BCUT2D eigenvalue weighted by Crippen LogP contribution is 2.37. The largest absolute Gasteiger partial charge is 0.372 e. The Morgan fingerprint density at radius 3 is 2.76 bits per heavy atom. The number of nitrogens with one attached hydrogen (secondary N) is 1. The van der Waals surface area contributed by atoms with Gasteiger partial charge in [-0.15, -0.1) is 0 Å². The molecule has 1 aromatic carbocycles.